The van der Waals surface area contributed by atoms with Crippen LogP contribution in [0.3, 0.4) is 0 Å². The van der Waals surface area contributed by atoms with E-state index in [1.165, 1.54) is 27.7 Å². The monoisotopic (exact) mass is 288 g/mol. The Kier molecular flexibility index (Phi) is 2.87. The average molecular weight is 288 g/mol. The van der Waals surface area contributed by atoms with E-state index < -0.39 is 0 Å². The first-order valence-corrected chi connectivity index (χ1v) is 7.46. The summed E-state index contributed by atoms with van der Waals surface area (Å²) < 4.78 is 0. The Morgan fingerprint density at radius 2 is 2.18 bits per heavy atom. The zero-order chi connectivity index (χ0) is 15.1. The van der Waals surface area contributed by atoms with Gasteiger partial charge in [0.15, 0.2) is 0 Å². The minimum Gasteiger partial charge on any atom is -0.358 e. The number of rotatable bonds is 1. The van der Waals surface area contributed by atoms with Crippen LogP contribution in [0.25, 0.3) is 10.9 Å². The number of aryl methyl sites for hydroxylation is 1. The third kappa shape index (κ3) is 2.03. The molecule has 0 fully saturated rings. The van der Waals surface area contributed by atoms with Gasteiger partial charge in [0.2, 0.25) is 0 Å². The molecule has 4 heteroatoms. The lowest BCUT2D eigenvalue weighted by Gasteiger charge is -2.28. The molecule has 0 bridgehead atoms. The summed E-state index contributed by atoms with van der Waals surface area (Å²) in [6.45, 7) is 3.93. The second kappa shape index (κ2) is 4.88. The first kappa shape index (κ1) is 12.9. The van der Waals surface area contributed by atoms with Crippen LogP contribution < -0.4 is 4.90 Å². The smallest absolute Gasteiger partial charge is 0.128 e. The van der Waals surface area contributed by atoms with Gasteiger partial charge in [-0.15, -0.1) is 0 Å². The third-order valence-corrected chi connectivity index (χ3v) is 4.33. The number of aromatic amines is 1. The number of nitrogens with one attached hydrogen (secondary N) is 1. The molecule has 0 radical (unpaired) electrons. The van der Waals surface area contributed by atoms with Crippen molar-refractivity contribution in [1.82, 2.24) is 9.97 Å². The summed E-state index contributed by atoms with van der Waals surface area (Å²) in [4.78, 5) is 10.2. The molecule has 0 amide bonds. The molecular weight excluding hydrogens is 272 g/mol. The van der Waals surface area contributed by atoms with E-state index in [0.717, 1.165) is 25.3 Å². The van der Waals surface area contributed by atoms with Gasteiger partial charge in [0.25, 0.3) is 0 Å². The van der Waals surface area contributed by atoms with Gasteiger partial charge in [0, 0.05) is 47.9 Å². The summed E-state index contributed by atoms with van der Waals surface area (Å²) in [6, 6.07) is 12.4. The molecule has 1 N–H and O–H groups in total. The topological polar surface area (TPSA) is 55.7 Å². The van der Waals surface area contributed by atoms with Crippen molar-refractivity contribution in [1.29, 1.82) is 5.26 Å². The minimum absolute atomic E-state index is 0.601. The van der Waals surface area contributed by atoms with Crippen LogP contribution in [0.2, 0.25) is 0 Å². The molecule has 0 saturated carbocycles. The number of benzene rings is 1. The zero-order valence-corrected chi connectivity index (χ0v) is 12.4. The van der Waals surface area contributed by atoms with Gasteiger partial charge in [0.05, 0.1) is 5.56 Å². The fraction of sp³-hybridized carbons (Fsp3) is 0.222. The highest BCUT2D eigenvalue weighted by Crippen LogP contribution is 2.30. The maximum Gasteiger partial charge on any atom is 0.128 e. The summed E-state index contributed by atoms with van der Waals surface area (Å²) >= 11 is 0. The molecule has 0 unspecified atom stereocenters. The van der Waals surface area contributed by atoms with Gasteiger partial charge in [-0.05, 0) is 31.2 Å². The number of hydrogen-bond acceptors (Lipinski definition) is 3. The second-order valence-electron chi connectivity index (χ2n) is 5.82. The first-order valence-electron chi connectivity index (χ1n) is 7.46. The highest BCUT2D eigenvalue weighted by Gasteiger charge is 2.21. The number of nitrogens with zero attached hydrogens (tertiary/aromatic N) is 3. The van der Waals surface area contributed by atoms with Crippen LogP contribution in [0.5, 0.6) is 0 Å². The molecule has 4 nitrogen and oxygen atoms in total. The number of nitriles is 1. The molecule has 1 aliphatic heterocycles. The second-order valence-corrected chi connectivity index (χ2v) is 5.82. The minimum atomic E-state index is 0.601. The van der Waals surface area contributed by atoms with Crippen LogP contribution in [0, 0.1) is 18.3 Å². The van der Waals surface area contributed by atoms with Crippen LogP contribution in [0.4, 0.5) is 5.82 Å². The van der Waals surface area contributed by atoms with E-state index in [4.69, 9.17) is 5.26 Å². The number of H-pyrrole nitrogens is 1. The maximum absolute atomic E-state index is 8.88. The van der Waals surface area contributed by atoms with E-state index in [9.17, 15) is 0 Å². The predicted molar refractivity (Wildman–Crippen MR) is 86.7 cm³/mol. The summed E-state index contributed by atoms with van der Waals surface area (Å²) in [5.41, 5.74) is 5.80. The highest BCUT2D eigenvalue weighted by molar-refractivity contribution is 5.86. The summed E-state index contributed by atoms with van der Waals surface area (Å²) in [7, 11) is 0. The van der Waals surface area contributed by atoms with E-state index in [1.54, 1.807) is 6.20 Å². The zero-order valence-electron chi connectivity index (χ0n) is 12.4. The van der Waals surface area contributed by atoms with Gasteiger partial charge in [-0.2, -0.15) is 5.26 Å². The Morgan fingerprint density at radius 1 is 1.27 bits per heavy atom. The highest BCUT2D eigenvalue weighted by atomic mass is 15.2. The molecule has 1 aromatic carbocycles. The van der Waals surface area contributed by atoms with E-state index in [0.29, 0.717) is 5.56 Å². The molecule has 22 heavy (non-hydrogen) atoms. The van der Waals surface area contributed by atoms with E-state index in [1.807, 2.05) is 12.1 Å². The van der Waals surface area contributed by atoms with Gasteiger partial charge in [-0.3, -0.25) is 0 Å². The Hall–Kier alpha value is -2.80. The SMILES string of the molecule is Cc1ccc2[nH]c3c(c2c1)CN(c1ccc(C#N)cn1)CC3. The molecular formula is C18H16N4. The Bertz CT molecular complexity index is 884. The van der Waals surface area contributed by atoms with Crippen molar-refractivity contribution in [3.8, 4) is 6.07 Å². The maximum atomic E-state index is 8.88. The van der Waals surface area contributed by atoms with Crippen molar-refractivity contribution >= 4 is 16.7 Å². The molecule has 0 aliphatic carbocycles. The third-order valence-electron chi connectivity index (χ3n) is 4.33. The van der Waals surface area contributed by atoms with Crippen molar-refractivity contribution in [2.45, 2.75) is 19.9 Å². The number of pyridine rings is 1. The van der Waals surface area contributed by atoms with Gasteiger partial charge in [-0.25, -0.2) is 4.98 Å². The Balaban J connectivity index is 1.72. The standard InChI is InChI=1S/C18H16N4/c1-12-2-4-16-14(8-12)15-11-22(7-6-17(15)21-16)18-5-3-13(9-19)10-20-18/h2-5,8,10,21H,6-7,11H2,1H3. The number of aromatic nitrogens is 2. The van der Waals surface area contributed by atoms with Gasteiger partial charge >= 0.3 is 0 Å². The molecule has 1 aliphatic rings. The van der Waals surface area contributed by atoms with Gasteiger partial charge < -0.3 is 9.88 Å². The van der Waals surface area contributed by atoms with Gasteiger partial charge in [0.1, 0.15) is 11.9 Å². The van der Waals surface area contributed by atoms with Crippen molar-refractivity contribution in [3.05, 3.63) is 58.9 Å². The van der Waals surface area contributed by atoms with Crippen LogP contribution >= 0.6 is 0 Å². The van der Waals surface area contributed by atoms with Crippen LogP contribution in [-0.2, 0) is 13.0 Å². The summed E-state index contributed by atoms with van der Waals surface area (Å²) in [5.74, 6) is 0.937. The van der Waals surface area contributed by atoms with Crippen molar-refractivity contribution < 1.29 is 0 Å². The fourth-order valence-electron chi connectivity index (χ4n) is 3.16. The quantitative estimate of drug-likeness (QED) is 0.747. The summed E-state index contributed by atoms with van der Waals surface area (Å²) in [6.07, 6.45) is 2.63. The molecule has 3 aromatic rings. The molecule has 4 rings (SSSR count). The van der Waals surface area contributed by atoms with Crippen LogP contribution in [0.15, 0.2) is 36.5 Å². The van der Waals surface area contributed by atoms with Crippen LogP contribution in [0.1, 0.15) is 22.4 Å². The lowest BCUT2D eigenvalue weighted by atomic mass is 10.0. The number of anilines is 1. The largest absolute Gasteiger partial charge is 0.358 e. The van der Waals surface area contributed by atoms with Crippen molar-refractivity contribution in [2.75, 3.05) is 11.4 Å². The Morgan fingerprint density at radius 3 is 2.95 bits per heavy atom. The van der Waals surface area contributed by atoms with E-state index >= 15 is 0 Å². The molecule has 2 aromatic heterocycles. The molecule has 3 heterocycles. The number of fused-ring (bicyclic) bond motifs is 3. The van der Waals surface area contributed by atoms with E-state index in [2.05, 4.69) is 46.1 Å². The lowest BCUT2D eigenvalue weighted by molar-refractivity contribution is 0.716. The van der Waals surface area contributed by atoms with Crippen molar-refractivity contribution in [3.63, 3.8) is 0 Å². The van der Waals surface area contributed by atoms with Crippen molar-refractivity contribution in [2.24, 2.45) is 0 Å². The average Bonchev–Trinajstić information content (AvgIpc) is 2.92. The lowest BCUT2D eigenvalue weighted by Crippen LogP contribution is -2.30. The normalized spacial score (nSPS) is 13.9. The van der Waals surface area contributed by atoms with Gasteiger partial charge in [-0.1, -0.05) is 11.6 Å². The predicted octanol–water partition coefficient (Wildman–Crippen LogP) is 3.31. The molecule has 0 saturated heterocycles. The van der Waals surface area contributed by atoms with E-state index in [-0.39, 0.29) is 0 Å². The molecule has 0 atom stereocenters. The molecule has 108 valence electrons. The number of hydrogen-bond donors (Lipinski definition) is 1. The summed E-state index contributed by atoms with van der Waals surface area (Å²) in [5, 5.41) is 10.2. The molecule has 0 spiro atoms. The van der Waals surface area contributed by atoms with Crippen LogP contribution in [-0.4, -0.2) is 16.5 Å². The first-order chi connectivity index (χ1) is 10.7. The fourth-order valence-corrected chi connectivity index (χ4v) is 3.16. The Labute approximate surface area is 129 Å².